The number of benzene rings is 2. The lowest BCUT2D eigenvalue weighted by atomic mass is 10.2. The summed E-state index contributed by atoms with van der Waals surface area (Å²) in [7, 11) is -6.73. The number of hydrogen-bond acceptors (Lipinski definition) is 7. The van der Waals surface area contributed by atoms with Gasteiger partial charge in [-0.1, -0.05) is 19.1 Å². The van der Waals surface area contributed by atoms with Gasteiger partial charge in [0.15, 0.2) is 0 Å². The molecule has 3 rings (SSSR count). The molecule has 0 spiro atoms. The third-order valence-electron chi connectivity index (χ3n) is 4.62. The largest absolute Gasteiger partial charge is 0.465 e. The highest BCUT2D eigenvalue weighted by Gasteiger charge is 2.42. The van der Waals surface area contributed by atoms with Gasteiger partial charge in [0.1, 0.15) is 0 Å². The highest BCUT2D eigenvalue weighted by atomic mass is 32.2. The Balaban J connectivity index is 1.98. The fraction of sp³-hybridized carbons (Fsp3) is 0.263. The molecule has 0 aliphatic carbocycles. The molecule has 160 valence electrons. The summed E-state index contributed by atoms with van der Waals surface area (Å²) in [6, 6.07) is 9.79. The van der Waals surface area contributed by atoms with Crippen molar-refractivity contribution in [2.75, 3.05) is 21.9 Å². The zero-order chi connectivity index (χ0) is 22.3. The number of sulfonamides is 2. The molecule has 1 saturated heterocycles. The number of carbonyl (C=O) groups excluding carboxylic acids is 2. The van der Waals surface area contributed by atoms with Gasteiger partial charge < -0.3 is 4.74 Å². The molecule has 9 nitrogen and oxygen atoms in total. The topological polar surface area (TPSA) is 127 Å². The summed E-state index contributed by atoms with van der Waals surface area (Å²) in [5.41, 5.74) is 0.397. The third-order valence-corrected chi connectivity index (χ3v) is 8.01. The fourth-order valence-corrected chi connectivity index (χ4v) is 6.33. The summed E-state index contributed by atoms with van der Waals surface area (Å²) in [5.74, 6) is -2.23. The SMILES string of the molecule is COC(=O)c1ccccc1NS(=O)(=O)c1ccc(N2C(=O)C(C)CS2(=O)=O)cc1C. The first-order valence-corrected chi connectivity index (χ1v) is 11.9. The lowest BCUT2D eigenvalue weighted by molar-refractivity contribution is -0.119. The zero-order valence-electron chi connectivity index (χ0n) is 16.4. The maximum atomic E-state index is 12.9. The van der Waals surface area contributed by atoms with E-state index in [2.05, 4.69) is 9.46 Å². The normalized spacial score (nSPS) is 18.3. The monoisotopic (exact) mass is 452 g/mol. The molecule has 1 aliphatic rings. The first-order chi connectivity index (χ1) is 14.0. The second-order valence-corrected chi connectivity index (χ2v) is 10.4. The van der Waals surface area contributed by atoms with Crippen LogP contribution in [0.15, 0.2) is 47.4 Å². The van der Waals surface area contributed by atoms with Gasteiger partial charge in [-0.15, -0.1) is 0 Å². The van der Waals surface area contributed by atoms with E-state index in [1.165, 1.54) is 51.3 Å². The second kappa shape index (κ2) is 7.73. The van der Waals surface area contributed by atoms with Crippen LogP contribution >= 0.6 is 0 Å². The van der Waals surface area contributed by atoms with Crippen molar-refractivity contribution < 1.29 is 31.2 Å². The Morgan fingerprint density at radius 3 is 2.43 bits per heavy atom. The molecule has 30 heavy (non-hydrogen) atoms. The van der Waals surface area contributed by atoms with Crippen LogP contribution < -0.4 is 9.03 Å². The number of ether oxygens (including phenoxy) is 1. The summed E-state index contributed by atoms with van der Waals surface area (Å²) in [6.45, 7) is 3.01. The van der Waals surface area contributed by atoms with Crippen molar-refractivity contribution in [1.29, 1.82) is 0 Å². The maximum absolute atomic E-state index is 12.9. The van der Waals surface area contributed by atoms with Crippen molar-refractivity contribution in [3.8, 4) is 0 Å². The zero-order valence-corrected chi connectivity index (χ0v) is 18.1. The summed E-state index contributed by atoms with van der Waals surface area (Å²) < 4.78 is 58.1. The summed E-state index contributed by atoms with van der Waals surface area (Å²) in [5, 5.41) is 0. The number of para-hydroxylation sites is 1. The van der Waals surface area contributed by atoms with Gasteiger partial charge in [-0.2, -0.15) is 0 Å². The van der Waals surface area contributed by atoms with E-state index in [1.54, 1.807) is 12.1 Å². The van der Waals surface area contributed by atoms with Crippen LogP contribution in [0.4, 0.5) is 11.4 Å². The first-order valence-electron chi connectivity index (χ1n) is 8.85. The van der Waals surface area contributed by atoms with Crippen molar-refractivity contribution in [3.05, 3.63) is 53.6 Å². The van der Waals surface area contributed by atoms with Crippen LogP contribution in [-0.4, -0.2) is 41.6 Å². The molecule has 0 aromatic heterocycles. The predicted octanol–water partition coefficient (Wildman–Crippen LogP) is 1.89. The Bertz CT molecular complexity index is 1240. The van der Waals surface area contributed by atoms with E-state index in [9.17, 15) is 26.4 Å². The number of nitrogens with zero attached hydrogens (tertiary/aromatic N) is 1. The van der Waals surface area contributed by atoms with E-state index in [0.717, 1.165) is 0 Å². The van der Waals surface area contributed by atoms with Crippen LogP contribution in [0.3, 0.4) is 0 Å². The fourth-order valence-electron chi connectivity index (χ4n) is 3.21. The molecular formula is C19H20N2O7S2. The lowest BCUT2D eigenvalue weighted by Gasteiger charge is -2.18. The van der Waals surface area contributed by atoms with Gasteiger partial charge in [0.25, 0.3) is 10.0 Å². The predicted molar refractivity (Wildman–Crippen MR) is 110 cm³/mol. The average molecular weight is 453 g/mol. The Kier molecular flexibility index (Phi) is 5.61. The van der Waals surface area contributed by atoms with E-state index < -0.39 is 37.8 Å². The van der Waals surface area contributed by atoms with Crippen molar-refractivity contribution in [1.82, 2.24) is 0 Å². The Labute approximate surface area is 174 Å². The van der Waals surface area contributed by atoms with Crippen LogP contribution in [0.1, 0.15) is 22.8 Å². The minimum absolute atomic E-state index is 0.0407. The van der Waals surface area contributed by atoms with E-state index >= 15 is 0 Å². The Morgan fingerprint density at radius 1 is 1.20 bits per heavy atom. The standard InChI is InChI=1S/C19H20N2O7S2/c1-12-10-14(21-18(22)13(2)11-29(21,24)25)8-9-17(12)30(26,27)20-16-7-5-4-6-15(16)19(23)28-3/h4-10,13,20H,11H2,1-3H3. The minimum atomic E-state index is -4.11. The van der Waals surface area contributed by atoms with Gasteiger partial charge in [-0.05, 0) is 42.8 Å². The Hall–Kier alpha value is -2.92. The molecule has 1 amide bonds. The van der Waals surface area contributed by atoms with Crippen LogP contribution in [0.5, 0.6) is 0 Å². The quantitative estimate of drug-likeness (QED) is 0.686. The molecule has 2 aromatic rings. The minimum Gasteiger partial charge on any atom is -0.465 e. The van der Waals surface area contributed by atoms with Crippen molar-refractivity contribution in [2.24, 2.45) is 5.92 Å². The maximum Gasteiger partial charge on any atom is 0.339 e. The smallest absolute Gasteiger partial charge is 0.339 e. The molecule has 11 heteroatoms. The van der Waals surface area contributed by atoms with Crippen molar-refractivity contribution in [2.45, 2.75) is 18.7 Å². The van der Waals surface area contributed by atoms with Gasteiger partial charge in [0.2, 0.25) is 15.9 Å². The summed E-state index contributed by atoms with van der Waals surface area (Å²) in [6.07, 6.45) is 0. The molecule has 1 atom stereocenters. The number of rotatable bonds is 5. The summed E-state index contributed by atoms with van der Waals surface area (Å²) in [4.78, 5) is 24.0. The number of esters is 1. The molecule has 1 N–H and O–H groups in total. The molecule has 0 saturated carbocycles. The number of nitrogens with one attached hydrogen (secondary N) is 1. The molecule has 0 radical (unpaired) electrons. The Morgan fingerprint density at radius 2 is 1.87 bits per heavy atom. The van der Waals surface area contributed by atoms with Crippen molar-refractivity contribution >= 4 is 43.3 Å². The number of amides is 1. The van der Waals surface area contributed by atoms with Crippen LogP contribution in [0.2, 0.25) is 0 Å². The van der Waals surface area contributed by atoms with Gasteiger partial charge in [-0.3, -0.25) is 9.52 Å². The van der Waals surface area contributed by atoms with Crippen molar-refractivity contribution in [3.63, 3.8) is 0 Å². The average Bonchev–Trinajstić information content (AvgIpc) is 2.87. The number of methoxy groups -OCH3 is 1. The molecule has 1 heterocycles. The molecule has 0 bridgehead atoms. The lowest BCUT2D eigenvalue weighted by Crippen LogP contribution is -2.30. The van der Waals surface area contributed by atoms with E-state index in [1.807, 2.05) is 0 Å². The van der Waals surface area contributed by atoms with Gasteiger partial charge in [0, 0.05) is 0 Å². The number of hydrogen-bond donors (Lipinski definition) is 1. The van der Waals surface area contributed by atoms with Gasteiger partial charge in [0.05, 0.1) is 40.6 Å². The van der Waals surface area contributed by atoms with E-state index in [4.69, 9.17) is 0 Å². The van der Waals surface area contributed by atoms with E-state index in [0.29, 0.717) is 4.31 Å². The molecule has 1 aliphatic heterocycles. The summed E-state index contributed by atoms with van der Waals surface area (Å²) >= 11 is 0. The van der Waals surface area contributed by atoms with Crippen LogP contribution in [0.25, 0.3) is 0 Å². The number of aryl methyl sites for hydroxylation is 1. The molecule has 1 fully saturated rings. The highest BCUT2D eigenvalue weighted by molar-refractivity contribution is 7.94. The third kappa shape index (κ3) is 3.90. The van der Waals surface area contributed by atoms with Crippen LogP contribution in [0, 0.1) is 12.8 Å². The number of carbonyl (C=O) groups is 2. The first kappa shape index (κ1) is 21.8. The van der Waals surface area contributed by atoms with Gasteiger partial charge >= 0.3 is 5.97 Å². The second-order valence-electron chi connectivity index (χ2n) is 6.87. The molecular weight excluding hydrogens is 432 g/mol. The molecule has 2 aromatic carbocycles. The molecule has 1 unspecified atom stereocenters. The van der Waals surface area contributed by atoms with Crippen LogP contribution in [-0.2, 0) is 29.6 Å². The van der Waals surface area contributed by atoms with Gasteiger partial charge in [-0.25, -0.2) is 25.9 Å². The highest BCUT2D eigenvalue weighted by Crippen LogP contribution is 2.31. The van der Waals surface area contributed by atoms with E-state index in [-0.39, 0.29) is 33.2 Å². The number of anilines is 2.